The maximum Gasteiger partial charge on any atom is 0.377 e. The van der Waals surface area contributed by atoms with E-state index in [2.05, 4.69) is 0 Å². The van der Waals surface area contributed by atoms with Gasteiger partial charge in [0.2, 0.25) is 0 Å². The second-order valence-corrected chi connectivity index (χ2v) is 4.23. The highest BCUT2D eigenvalue weighted by Crippen LogP contribution is 2.40. The Hall–Kier alpha value is -2.21. The van der Waals surface area contributed by atoms with Crippen LogP contribution in [0.1, 0.15) is 11.7 Å². The van der Waals surface area contributed by atoms with Crippen molar-refractivity contribution in [2.24, 2.45) is 0 Å². The minimum atomic E-state index is -4.31. The number of hydrogen-bond donors (Lipinski definition) is 2. The third kappa shape index (κ3) is 2.18. The number of carboxylic acid groups (broad SMARTS) is 1. The van der Waals surface area contributed by atoms with Crippen molar-refractivity contribution in [3.8, 4) is 5.75 Å². The van der Waals surface area contributed by atoms with E-state index < -0.39 is 18.0 Å². The van der Waals surface area contributed by atoms with Crippen molar-refractivity contribution >= 4 is 16.7 Å². The lowest BCUT2D eigenvalue weighted by Crippen LogP contribution is -2.35. The minimum absolute atomic E-state index is 0.0112. The monoisotopic (exact) mass is 282 g/mol. The van der Waals surface area contributed by atoms with Crippen LogP contribution in [0.2, 0.25) is 0 Å². The fourth-order valence-electron chi connectivity index (χ4n) is 2.03. The molecule has 0 saturated heterocycles. The molecule has 0 saturated carbocycles. The number of aliphatic carboxylic acids is 1. The van der Waals surface area contributed by atoms with Crippen LogP contribution in [0.5, 0.6) is 5.75 Å². The average molecular weight is 282 g/mol. The van der Waals surface area contributed by atoms with Gasteiger partial charge in [-0.1, -0.05) is 30.3 Å². The molecule has 0 fully saturated rings. The number of ether oxygens (including phenoxy) is 1. The van der Waals surface area contributed by atoms with Gasteiger partial charge in [-0.25, -0.2) is 4.79 Å². The maximum absolute atomic E-state index is 13.6. The van der Waals surface area contributed by atoms with Gasteiger partial charge in [-0.3, -0.25) is 0 Å². The number of benzene rings is 2. The first-order chi connectivity index (χ1) is 9.39. The summed E-state index contributed by atoms with van der Waals surface area (Å²) in [6.07, 6.45) is -2.50. The summed E-state index contributed by atoms with van der Waals surface area (Å²) in [6, 6.07) is 9.57. The van der Waals surface area contributed by atoms with Gasteiger partial charge in [0.25, 0.3) is 0 Å². The highest BCUT2D eigenvalue weighted by molar-refractivity contribution is 5.89. The molecule has 2 rings (SSSR count). The first kappa shape index (κ1) is 14.2. The number of hydrogen-bond acceptors (Lipinski definition) is 3. The van der Waals surface area contributed by atoms with Crippen molar-refractivity contribution in [1.29, 1.82) is 0 Å². The van der Waals surface area contributed by atoms with Crippen LogP contribution in [0.15, 0.2) is 36.4 Å². The molecule has 1 unspecified atom stereocenters. The molecule has 6 heteroatoms. The van der Waals surface area contributed by atoms with Crippen LogP contribution in [0, 0.1) is 0 Å². The number of aliphatic hydroxyl groups excluding tert-OH is 1. The summed E-state index contributed by atoms with van der Waals surface area (Å²) in [5, 5.41) is 19.3. The second-order valence-electron chi connectivity index (χ2n) is 4.23. The fourth-order valence-corrected chi connectivity index (χ4v) is 2.03. The highest BCUT2D eigenvalue weighted by Gasteiger charge is 2.49. The Morgan fingerprint density at radius 3 is 2.50 bits per heavy atom. The van der Waals surface area contributed by atoms with Crippen LogP contribution < -0.4 is 4.74 Å². The van der Waals surface area contributed by atoms with Gasteiger partial charge >= 0.3 is 11.9 Å². The number of carboxylic acids is 1. The van der Waals surface area contributed by atoms with Crippen LogP contribution in [0.3, 0.4) is 0 Å². The molecule has 0 bridgehead atoms. The van der Waals surface area contributed by atoms with E-state index in [9.17, 15) is 18.7 Å². The number of alkyl halides is 2. The molecule has 20 heavy (non-hydrogen) atoms. The predicted octanol–water partition coefficient (Wildman–Crippen LogP) is 2.60. The quantitative estimate of drug-likeness (QED) is 0.904. The fraction of sp³-hybridized carbons (Fsp3) is 0.214. The lowest BCUT2D eigenvalue weighted by Gasteiger charge is -2.22. The van der Waals surface area contributed by atoms with Gasteiger partial charge in [0, 0.05) is 5.56 Å². The van der Waals surface area contributed by atoms with Gasteiger partial charge < -0.3 is 14.9 Å². The molecule has 1 atom stereocenters. The number of halogens is 2. The lowest BCUT2D eigenvalue weighted by atomic mass is 9.95. The van der Waals surface area contributed by atoms with Gasteiger partial charge in [-0.2, -0.15) is 8.78 Å². The molecule has 106 valence electrons. The van der Waals surface area contributed by atoms with Crippen LogP contribution in [0.25, 0.3) is 10.8 Å². The zero-order valence-electron chi connectivity index (χ0n) is 10.5. The van der Waals surface area contributed by atoms with Gasteiger partial charge in [0.15, 0.2) is 6.10 Å². The smallest absolute Gasteiger partial charge is 0.377 e. The molecule has 2 aromatic carbocycles. The summed E-state index contributed by atoms with van der Waals surface area (Å²) in [4.78, 5) is 10.6. The Balaban J connectivity index is 2.71. The summed E-state index contributed by atoms with van der Waals surface area (Å²) in [6.45, 7) is 0. The molecular weight excluding hydrogens is 270 g/mol. The number of methoxy groups -OCH3 is 1. The summed E-state index contributed by atoms with van der Waals surface area (Å²) in [7, 11) is 1.26. The molecule has 0 spiro atoms. The molecule has 0 aliphatic rings. The van der Waals surface area contributed by atoms with E-state index in [0.29, 0.717) is 10.8 Å². The summed E-state index contributed by atoms with van der Waals surface area (Å²) in [5.41, 5.74) is -0.238. The standard InChI is InChI=1S/C14H12F2O4/c1-20-10-7-6-8-4-2-3-5-9(8)11(10)12(17)14(15,16)13(18)19/h2-7,12,17H,1H3,(H,18,19). The van der Waals surface area contributed by atoms with E-state index in [1.165, 1.54) is 19.2 Å². The average Bonchev–Trinajstić information content (AvgIpc) is 2.44. The molecule has 0 radical (unpaired) electrons. The van der Waals surface area contributed by atoms with E-state index >= 15 is 0 Å². The molecular formula is C14H12F2O4. The summed E-state index contributed by atoms with van der Waals surface area (Å²) >= 11 is 0. The van der Waals surface area contributed by atoms with E-state index in [1.807, 2.05) is 0 Å². The van der Waals surface area contributed by atoms with Crippen LogP contribution >= 0.6 is 0 Å². The van der Waals surface area contributed by atoms with Crippen molar-refractivity contribution in [3.63, 3.8) is 0 Å². The Labute approximate surface area is 113 Å². The topological polar surface area (TPSA) is 66.8 Å². The zero-order chi connectivity index (χ0) is 14.9. The van der Waals surface area contributed by atoms with Crippen molar-refractivity contribution in [1.82, 2.24) is 0 Å². The predicted molar refractivity (Wildman–Crippen MR) is 68.0 cm³/mol. The molecule has 0 aliphatic carbocycles. The Morgan fingerprint density at radius 1 is 1.25 bits per heavy atom. The van der Waals surface area contributed by atoms with Crippen LogP contribution in [-0.4, -0.2) is 29.2 Å². The molecule has 2 N–H and O–H groups in total. The van der Waals surface area contributed by atoms with Crippen molar-refractivity contribution in [2.75, 3.05) is 7.11 Å². The third-order valence-corrected chi connectivity index (χ3v) is 3.05. The maximum atomic E-state index is 13.6. The van der Waals surface area contributed by atoms with Crippen LogP contribution in [-0.2, 0) is 4.79 Å². The molecule has 0 heterocycles. The van der Waals surface area contributed by atoms with E-state index in [4.69, 9.17) is 9.84 Å². The highest BCUT2D eigenvalue weighted by atomic mass is 19.3. The normalized spacial score (nSPS) is 13.2. The largest absolute Gasteiger partial charge is 0.496 e. The molecule has 0 amide bonds. The Kier molecular flexibility index (Phi) is 3.59. The lowest BCUT2D eigenvalue weighted by molar-refractivity contribution is -0.182. The number of rotatable bonds is 4. The first-order valence-corrected chi connectivity index (χ1v) is 5.74. The summed E-state index contributed by atoms with van der Waals surface area (Å²) < 4.78 is 32.1. The third-order valence-electron chi connectivity index (χ3n) is 3.05. The first-order valence-electron chi connectivity index (χ1n) is 5.74. The van der Waals surface area contributed by atoms with Gasteiger partial charge in [0.05, 0.1) is 7.11 Å². The van der Waals surface area contributed by atoms with Crippen molar-refractivity contribution in [3.05, 3.63) is 42.0 Å². The van der Waals surface area contributed by atoms with Gasteiger partial charge in [0.1, 0.15) is 5.75 Å². The van der Waals surface area contributed by atoms with Gasteiger partial charge in [-0.05, 0) is 16.8 Å². The number of aliphatic hydroxyl groups is 1. The minimum Gasteiger partial charge on any atom is -0.496 e. The van der Waals surface area contributed by atoms with Crippen LogP contribution in [0.4, 0.5) is 8.78 Å². The second kappa shape index (κ2) is 5.05. The summed E-state index contributed by atoms with van der Waals surface area (Å²) in [5.74, 6) is -6.69. The van der Waals surface area contributed by atoms with E-state index in [-0.39, 0.29) is 11.3 Å². The van der Waals surface area contributed by atoms with E-state index in [0.717, 1.165) is 0 Å². The number of carbonyl (C=O) groups is 1. The molecule has 2 aromatic rings. The van der Waals surface area contributed by atoms with Gasteiger partial charge in [-0.15, -0.1) is 0 Å². The van der Waals surface area contributed by atoms with Crippen molar-refractivity contribution < 1.29 is 28.5 Å². The molecule has 0 aliphatic heterocycles. The SMILES string of the molecule is COc1ccc2ccccc2c1C(O)C(F)(F)C(=O)O. The van der Waals surface area contributed by atoms with E-state index in [1.54, 1.807) is 24.3 Å². The molecule has 4 nitrogen and oxygen atoms in total. The Morgan fingerprint density at radius 2 is 1.90 bits per heavy atom. The molecule has 0 aromatic heterocycles. The van der Waals surface area contributed by atoms with Crippen molar-refractivity contribution in [2.45, 2.75) is 12.0 Å². The Bertz CT molecular complexity index is 655. The number of fused-ring (bicyclic) bond motifs is 1. The zero-order valence-corrected chi connectivity index (χ0v) is 10.5.